The number of hydrogen-bond donors (Lipinski definition) is 1. The number of hydrogen-bond acceptors (Lipinski definition) is 3. The molecule has 1 aliphatic heterocycles. The van der Waals surface area contributed by atoms with E-state index in [1.807, 2.05) is 25.1 Å². The van der Waals surface area contributed by atoms with Gasteiger partial charge in [0.05, 0.1) is 12.3 Å². The number of aliphatic hydroxyl groups excluding tert-OH is 1. The Morgan fingerprint density at radius 2 is 2.26 bits per heavy atom. The number of aryl methyl sites for hydroxylation is 2. The Balaban J connectivity index is 2.02. The standard InChI is InChI=1S/C14H15ClN2O2/c1-8-12(14(15)17(2)16-8)13(18)10-3-4-11-9(7-10)5-6-19-11/h3-4,7,13,18H,5-6H2,1-2H3. The van der Waals surface area contributed by atoms with Gasteiger partial charge in [-0.3, -0.25) is 4.68 Å². The maximum atomic E-state index is 10.5. The van der Waals surface area contributed by atoms with Crippen molar-refractivity contribution in [2.24, 2.45) is 7.05 Å². The van der Waals surface area contributed by atoms with Crippen LogP contribution in [0.2, 0.25) is 5.15 Å². The first-order valence-electron chi connectivity index (χ1n) is 6.20. The predicted molar refractivity (Wildman–Crippen MR) is 72.7 cm³/mol. The molecular weight excluding hydrogens is 264 g/mol. The minimum atomic E-state index is -0.757. The van der Waals surface area contributed by atoms with Gasteiger partial charge in [-0.05, 0) is 30.2 Å². The molecule has 0 fully saturated rings. The van der Waals surface area contributed by atoms with Crippen LogP contribution in [0.4, 0.5) is 0 Å². The number of rotatable bonds is 2. The summed E-state index contributed by atoms with van der Waals surface area (Å²) < 4.78 is 7.04. The van der Waals surface area contributed by atoms with Crippen LogP contribution in [-0.2, 0) is 13.5 Å². The third kappa shape index (κ3) is 2.01. The molecule has 0 amide bonds. The Labute approximate surface area is 116 Å². The highest BCUT2D eigenvalue weighted by atomic mass is 35.5. The van der Waals surface area contributed by atoms with Crippen LogP contribution in [0, 0.1) is 6.92 Å². The van der Waals surface area contributed by atoms with Crippen molar-refractivity contribution in [3.63, 3.8) is 0 Å². The molecule has 2 heterocycles. The summed E-state index contributed by atoms with van der Waals surface area (Å²) in [4.78, 5) is 0. The number of fused-ring (bicyclic) bond motifs is 1. The van der Waals surface area contributed by atoms with Crippen molar-refractivity contribution in [1.82, 2.24) is 9.78 Å². The lowest BCUT2D eigenvalue weighted by Crippen LogP contribution is -2.02. The normalized spacial score (nSPS) is 15.2. The van der Waals surface area contributed by atoms with Crippen LogP contribution in [0.15, 0.2) is 18.2 Å². The lowest BCUT2D eigenvalue weighted by atomic mass is 9.99. The van der Waals surface area contributed by atoms with E-state index in [1.165, 1.54) is 0 Å². The van der Waals surface area contributed by atoms with Crippen LogP contribution in [0.25, 0.3) is 0 Å². The number of nitrogens with zero attached hydrogens (tertiary/aromatic N) is 2. The number of halogens is 1. The van der Waals surface area contributed by atoms with Gasteiger partial charge in [0.15, 0.2) is 0 Å². The summed E-state index contributed by atoms with van der Waals surface area (Å²) in [5, 5.41) is 15.2. The largest absolute Gasteiger partial charge is 0.493 e. The first-order chi connectivity index (χ1) is 9.08. The highest BCUT2D eigenvalue weighted by Gasteiger charge is 2.22. The van der Waals surface area contributed by atoms with Gasteiger partial charge in [-0.2, -0.15) is 5.10 Å². The lowest BCUT2D eigenvalue weighted by molar-refractivity contribution is 0.219. The zero-order chi connectivity index (χ0) is 13.6. The topological polar surface area (TPSA) is 47.3 Å². The number of ether oxygens (including phenoxy) is 1. The molecule has 1 N–H and O–H groups in total. The smallest absolute Gasteiger partial charge is 0.133 e. The van der Waals surface area contributed by atoms with Gasteiger partial charge < -0.3 is 9.84 Å². The van der Waals surface area contributed by atoms with Crippen LogP contribution < -0.4 is 4.74 Å². The molecular formula is C14H15ClN2O2. The van der Waals surface area contributed by atoms with Gasteiger partial charge in [-0.1, -0.05) is 17.7 Å². The molecule has 2 aromatic rings. The third-order valence-corrected chi connectivity index (χ3v) is 3.95. The first kappa shape index (κ1) is 12.5. The summed E-state index contributed by atoms with van der Waals surface area (Å²) in [5.74, 6) is 0.907. The summed E-state index contributed by atoms with van der Waals surface area (Å²) in [6.07, 6.45) is 0.127. The summed E-state index contributed by atoms with van der Waals surface area (Å²) >= 11 is 6.19. The average molecular weight is 279 g/mol. The molecule has 0 saturated heterocycles. The molecule has 4 nitrogen and oxygen atoms in total. The van der Waals surface area contributed by atoms with E-state index in [2.05, 4.69) is 5.10 Å². The third-order valence-electron chi connectivity index (χ3n) is 3.50. The zero-order valence-corrected chi connectivity index (χ0v) is 11.6. The SMILES string of the molecule is Cc1nn(C)c(Cl)c1C(O)c1ccc2c(c1)CCO2. The molecule has 0 spiro atoms. The second-order valence-corrected chi connectivity index (χ2v) is 5.14. The van der Waals surface area contributed by atoms with Crippen molar-refractivity contribution in [2.45, 2.75) is 19.4 Å². The van der Waals surface area contributed by atoms with Gasteiger partial charge in [0.25, 0.3) is 0 Å². The molecule has 0 radical (unpaired) electrons. The second kappa shape index (κ2) is 4.54. The van der Waals surface area contributed by atoms with E-state index in [4.69, 9.17) is 16.3 Å². The summed E-state index contributed by atoms with van der Waals surface area (Å²) in [6.45, 7) is 2.56. The highest BCUT2D eigenvalue weighted by molar-refractivity contribution is 6.30. The Morgan fingerprint density at radius 3 is 2.95 bits per heavy atom. The molecule has 0 aliphatic carbocycles. The van der Waals surface area contributed by atoms with Gasteiger partial charge in [0.1, 0.15) is 17.0 Å². The number of aliphatic hydroxyl groups is 1. The van der Waals surface area contributed by atoms with Gasteiger partial charge >= 0.3 is 0 Å². The fourth-order valence-electron chi connectivity index (χ4n) is 2.50. The van der Waals surface area contributed by atoms with Crippen molar-refractivity contribution in [3.8, 4) is 5.75 Å². The zero-order valence-electron chi connectivity index (χ0n) is 10.9. The summed E-state index contributed by atoms with van der Waals surface area (Å²) in [5.41, 5.74) is 3.37. The number of aromatic nitrogens is 2. The summed E-state index contributed by atoms with van der Waals surface area (Å²) in [7, 11) is 1.77. The van der Waals surface area contributed by atoms with E-state index in [9.17, 15) is 5.11 Å². The molecule has 1 aliphatic rings. The fourth-order valence-corrected chi connectivity index (χ4v) is 2.78. The molecule has 1 aromatic heterocycles. The Morgan fingerprint density at radius 1 is 1.47 bits per heavy atom. The van der Waals surface area contributed by atoms with Crippen molar-refractivity contribution in [2.75, 3.05) is 6.61 Å². The second-order valence-electron chi connectivity index (χ2n) is 4.78. The molecule has 100 valence electrons. The van der Waals surface area contributed by atoms with Crippen molar-refractivity contribution in [1.29, 1.82) is 0 Å². The maximum Gasteiger partial charge on any atom is 0.133 e. The predicted octanol–water partition coefficient (Wildman–Crippen LogP) is 2.40. The van der Waals surface area contributed by atoms with Crippen LogP contribution in [0.3, 0.4) is 0 Å². The molecule has 0 saturated carbocycles. The van der Waals surface area contributed by atoms with Crippen LogP contribution >= 0.6 is 11.6 Å². The van der Waals surface area contributed by atoms with Crippen LogP contribution in [0.1, 0.15) is 28.5 Å². The minimum absolute atomic E-state index is 0.474. The quantitative estimate of drug-likeness (QED) is 0.918. The average Bonchev–Trinajstić information content (AvgIpc) is 2.94. The van der Waals surface area contributed by atoms with Gasteiger partial charge in [-0.15, -0.1) is 0 Å². The van der Waals surface area contributed by atoms with Crippen molar-refractivity contribution >= 4 is 11.6 Å². The molecule has 1 unspecified atom stereocenters. The molecule has 1 aromatic carbocycles. The fraction of sp³-hybridized carbons (Fsp3) is 0.357. The van der Waals surface area contributed by atoms with Crippen LogP contribution in [0.5, 0.6) is 5.75 Å². The van der Waals surface area contributed by atoms with E-state index >= 15 is 0 Å². The van der Waals surface area contributed by atoms with E-state index in [0.717, 1.165) is 29.0 Å². The lowest BCUT2D eigenvalue weighted by Gasteiger charge is -2.12. The Kier molecular flexibility index (Phi) is 2.99. The molecule has 3 rings (SSSR count). The maximum absolute atomic E-state index is 10.5. The molecule has 1 atom stereocenters. The molecule has 0 bridgehead atoms. The minimum Gasteiger partial charge on any atom is -0.493 e. The van der Waals surface area contributed by atoms with E-state index in [1.54, 1.807) is 11.7 Å². The van der Waals surface area contributed by atoms with E-state index in [0.29, 0.717) is 17.3 Å². The van der Waals surface area contributed by atoms with E-state index < -0.39 is 6.10 Å². The van der Waals surface area contributed by atoms with Crippen molar-refractivity contribution in [3.05, 3.63) is 45.7 Å². The highest BCUT2D eigenvalue weighted by Crippen LogP contribution is 2.34. The van der Waals surface area contributed by atoms with Gasteiger partial charge in [0, 0.05) is 19.0 Å². The van der Waals surface area contributed by atoms with Crippen molar-refractivity contribution < 1.29 is 9.84 Å². The monoisotopic (exact) mass is 278 g/mol. The molecule has 19 heavy (non-hydrogen) atoms. The van der Waals surface area contributed by atoms with Crippen LogP contribution in [-0.4, -0.2) is 21.5 Å². The first-order valence-corrected chi connectivity index (χ1v) is 6.58. The Bertz CT molecular complexity index is 637. The van der Waals surface area contributed by atoms with E-state index in [-0.39, 0.29) is 0 Å². The summed E-state index contributed by atoms with van der Waals surface area (Å²) in [6, 6.07) is 5.76. The molecule has 5 heteroatoms. The number of benzene rings is 1. The van der Waals surface area contributed by atoms with Gasteiger partial charge in [-0.25, -0.2) is 0 Å². The Hall–Kier alpha value is -1.52. The van der Waals surface area contributed by atoms with Gasteiger partial charge in [0.2, 0.25) is 0 Å².